The number of benzene rings is 1. The average molecular weight is 288 g/mol. The Morgan fingerprint density at radius 3 is 2.70 bits per heavy atom. The second kappa shape index (κ2) is 5.46. The molecule has 1 aromatic carbocycles. The highest BCUT2D eigenvalue weighted by atomic mass is 35.5. The summed E-state index contributed by atoms with van der Waals surface area (Å²) in [4.78, 5) is 0. The standard InChI is InChI=1S/C14H14ClN5/c1-20-9-7-10(19-20)6-8-16-14-12-5-3-2-4-11(12)13(15)17-18-14/h2-5,7,9H,6,8H2,1H3,(H,16,18). The van der Waals surface area contributed by atoms with Gasteiger partial charge in [-0.15, -0.1) is 10.2 Å². The van der Waals surface area contributed by atoms with E-state index in [4.69, 9.17) is 11.6 Å². The van der Waals surface area contributed by atoms with Gasteiger partial charge < -0.3 is 5.32 Å². The van der Waals surface area contributed by atoms with Crippen LogP contribution in [-0.4, -0.2) is 26.5 Å². The molecular weight excluding hydrogens is 274 g/mol. The summed E-state index contributed by atoms with van der Waals surface area (Å²) < 4.78 is 1.80. The Kier molecular flexibility index (Phi) is 3.52. The fourth-order valence-electron chi connectivity index (χ4n) is 2.11. The van der Waals surface area contributed by atoms with Gasteiger partial charge in [-0.2, -0.15) is 5.10 Å². The molecule has 3 rings (SSSR count). The highest BCUT2D eigenvalue weighted by Gasteiger charge is 2.06. The van der Waals surface area contributed by atoms with Crippen molar-refractivity contribution in [3.8, 4) is 0 Å². The fourth-order valence-corrected chi connectivity index (χ4v) is 2.31. The zero-order valence-corrected chi connectivity index (χ0v) is 11.8. The SMILES string of the molecule is Cn1ccc(CCNc2nnc(Cl)c3ccccc23)n1. The van der Waals surface area contributed by atoms with E-state index in [2.05, 4.69) is 20.6 Å². The second-order valence-electron chi connectivity index (χ2n) is 4.54. The number of nitrogens with zero attached hydrogens (tertiary/aromatic N) is 4. The first-order valence-corrected chi connectivity index (χ1v) is 6.75. The van der Waals surface area contributed by atoms with E-state index in [0.29, 0.717) is 5.15 Å². The number of hydrogen-bond acceptors (Lipinski definition) is 4. The van der Waals surface area contributed by atoms with E-state index in [-0.39, 0.29) is 0 Å². The van der Waals surface area contributed by atoms with Gasteiger partial charge in [0, 0.05) is 37.0 Å². The van der Waals surface area contributed by atoms with Crippen molar-refractivity contribution in [1.29, 1.82) is 0 Å². The molecule has 0 amide bonds. The molecule has 1 N–H and O–H groups in total. The first-order chi connectivity index (χ1) is 9.74. The summed E-state index contributed by atoms with van der Waals surface area (Å²) in [6.07, 6.45) is 2.77. The molecule has 2 aromatic heterocycles. The largest absolute Gasteiger partial charge is 0.368 e. The molecule has 5 nitrogen and oxygen atoms in total. The van der Waals surface area contributed by atoms with Crippen LogP contribution in [0.2, 0.25) is 5.15 Å². The molecular formula is C14H14ClN5. The molecule has 0 aliphatic carbocycles. The predicted molar refractivity (Wildman–Crippen MR) is 79.9 cm³/mol. The maximum atomic E-state index is 6.05. The minimum Gasteiger partial charge on any atom is -0.368 e. The van der Waals surface area contributed by atoms with Crippen molar-refractivity contribution in [3.63, 3.8) is 0 Å². The molecule has 2 heterocycles. The van der Waals surface area contributed by atoms with E-state index in [1.165, 1.54) is 0 Å². The van der Waals surface area contributed by atoms with Gasteiger partial charge in [-0.3, -0.25) is 4.68 Å². The molecule has 20 heavy (non-hydrogen) atoms. The zero-order chi connectivity index (χ0) is 13.9. The van der Waals surface area contributed by atoms with Crippen molar-refractivity contribution >= 4 is 28.2 Å². The van der Waals surface area contributed by atoms with Gasteiger partial charge in [0.15, 0.2) is 11.0 Å². The number of halogens is 1. The topological polar surface area (TPSA) is 55.6 Å². The van der Waals surface area contributed by atoms with E-state index < -0.39 is 0 Å². The van der Waals surface area contributed by atoms with E-state index in [1.807, 2.05) is 43.6 Å². The van der Waals surface area contributed by atoms with Crippen LogP contribution in [0.25, 0.3) is 10.8 Å². The number of rotatable bonds is 4. The van der Waals surface area contributed by atoms with Crippen LogP contribution in [0.5, 0.6) is 0 Å². The van der Waals surface area contributed by atoms with Crippen molar-refractivity contribution in [2.75, 3.05) is 11.9 Å². The number of aryl methyl sites for hydroxylation is 1. The van der Waals surface area contributed by atoms with Crippen LogP contribution < -0.4 is 5.32 Å². The maximum absolute atomic E-state index is 6.05. The normalized spacial score (nSPS) is 10.9. The Labute approximate surface area is 121 Å². The average Bonchev–Trinajstić information content (AvgIpc) is 2.87. The molecule has 0 aliphatic heterocycles. The summed E-state index contributed by atoms with van der Waals surface area (Å²) in [5.41, 5.74) is 1.05. The maximum Gasteiger partial charge on any atom is 0.159 e. The number of anilines is 1. The monoisotopic (exact) mass is 287 g/mol. The molecule has 3 aromatic rings. The molecule has 0 atom stereocenters. The smallest absolute Gasteiger partial charge is 0.159 e. The molecule has 6 heteroatoms. The zero-order valence-electron chi connectivity index (χ0n) is 11.0. The first kappa shape index (κ1) is 12.9. The number of hydrogen-bond donors (Lipinski definition) is 1. The second-order valence-corrected chi connectivity index (χ2v) is 4.90. The van der Waals surface area contributed by atoms with E-state index in [1.54, 1.807) is 4.68 Å². The van der Waals surface area contributed by atoms with Crippen LogP contribution in [0.15, 0.2) is 36.5 Å². The minimum atomic E-state index is 0.427. The lowest BCUT2D eigenvalue weighted by molar-refractivity contribution is 0.741. The van der Waals surface area contributed by atoms with Gasteiger partial charge in [-0.1, -0.05) is 35.9 Å². The van der Waals surface area contributed by atoms with E-state index in [9.17, 15) is 0 Å². The van der Waals surface area contributed by atoms with Crippen molar-refractivity contribution in [3.05, 3.63) is 47.4 Å². The third-order valence-electron chi connectivity index (χ3n) is 3.08. The first-order valence-electron chi connectivity index (χ1n) is 6.37. The number of fused-ring (bicyclic) bond motifs is 1. The van der Waals surface area contributed by atoms with Crippen LogP contribution in [0.3, 0.4) is 0 Å². The highest BCUT2D eigenvalue weighted by molar-refractivity contribution is 6.34. The lowest BCUT2D eigenvalue weighted by atomic mass is 10.2. The summed E-state index contributed by atoms with van der Waals surface area (Å²) in [6.45, 7) is 0.747. The molecule has 0 bridgehead atoms. The van der Waals surface area contributed by atoms with E-state index >= 15 is 0 Å². The van der Waals surface area contributed by atoms with Gasteiger partial charge in [0.05, 0.1) is 5.69 Å². The lowest BCUT2D eigenvalue weighted by Crippen LogP contribution is -2.08. The van der Waals surface area contributed by atoms with E-state index in [0.717, 1.165) is 35.2 Å². The fraction of sp³-hybridized carbons (Fsp3) is 0.214. The van der Waals surface area contributed by atoms with Crippen LogP contribution in [0.4, 0.5) is 5.82 Å². The van der Waals surface area contributed by atoms with Crippen LogP contribution in [-0.2, 0) is 13.5 Å². The van der Waals surface area contributed by atoms with Gasteiger partial charge in [0.25, 0.3) is 0 Å². The van der Waals surface area contributed by atoms with Crippen LogP contribution in [0, 0.1) is 0 Å². The predicted octanol–water partition coefficient (Wildman–Crippen LogP) is 2.67. The van der Waals surface area contributed by atoms with Gasteiger partial charge >= 0.3 is 0 Å². The Hall–Kier alpha value is -2.14. The minimum absolute atomic E-state index is 0.427. The van der Waals surface area contributed by atoms with Crippen molar-refractivity contribution < 1.29 is 0 Å². The Morgan fingerprint density at radius 1 is 1.15 bits per heavy atom. The molecule has 102 valence electrons. The molecule has 0 saturated heterocycles. The van der Waals surface area contributed by atoms with Gasteiger partial charge in [-0.25, -0.2) is 0 Å². The molecule has 0 spiro atoms. The highest BCUT2D eigenvalue weighted by Crippen LogP contribution is 2.25. The van der Waals surface area contributed by atoms with Gasteiger partial charge in [0.2, 0.25) is 0 Å². The van der Waals surface area contributed by atoms with Crippen molar-refractivity contribution in [2.45, 2.75) is 6.42 Å². The molecule has 0 fully saturated rings. The number of nitrogens with one attached hydrogen (secondary N) is 1. The third-order valence-corrected chi connectivity index (χ3v) is 3.36. The Morgan fingerprint density at radius 2 is 1.95 bits per heavy atom. The van der Waals surface area contributed by atoms with Crippen LogP contribution in [0.1, 0.15) is 5.69 Å². The number of aromatic nitrogens is 4. The summed E-state index contributed by atoms with van der Waals surface area (Å²) in [5, 5.41) is 18.0. The summed E-state index contributed by atoms with van der Waals surface area (Å²) in [6, 6.07) is 9.83. The Balaban J connectivity index is 1.76. The molecule has 0 saturated carbocycles. The van der Waals surface area contributed by atoms with Crippen molar-refractivity contribution in [2.24, 2.45) is 7.05 Å². The molecule has 0 unspecified atom stereocenters. The third kappa shape index (κ3) is 2.58. The Bertz CT molecular complexity index is 737. The van der Waals surface area contributed by atoms with Crippen LogP contribution >= 0.6 is 11.6 Å². The molecule has 0 radical (unpaired) electrons. The summed E-state index contributed by atoms with van der Waals surface area (Å²) in [7, 11) is 1.91. The summed E-state index contributed by atoms with van der Waals surface area (Å²) >= 11 is 6.05. The van der Waals surface area contributed by atoms with Crippen molar-refractivity contribution in [1.82, 2.24) is 20.0 Å². The lowest BCUT2D eigenvalue weighted by Gasteiger charge is -2.07. The quantitative estimate of drug-likeness (QED) is 0.801. The molecule has 0 aliphatic rings. The van der Waals surface area contributed by atoms with Gasteiger partial charge in [0.1, 0.15) is 0 Å². The summed E-state index contributed by atoms with van der Waals surface area (Å²) in [5.74, 6) is 0.751. The van der Waals surface area contributed by atoms with Gasteiger partial charge in [-0.05, 0) is 6.07 Å².